The molecule has 1 amide bonds. The highest BCUT2D eigenvalue weighted by molar-refractivity contribution is 5.86. The van der Waals surface area contributed by atoms with Crippen molar-refractivity contribution in [2.75, 3.05) is 5.32 Å². The molecule has 0 unspecified atom stereocenters. The first kappa shape index (κ1) is 17.7. The smallest absolute Gasteiger partial charge is 0.412 e. The van der Waals surface area contributed by atoms with Crippen LogP contribution in [0.15, 0.2) is 18.2 Å². The zero-order valence-corrected chi connectivity index (χ0v) is 12.3. The number of hydrogen-bond donors (Lipinski definition) is 3. The molecule has 0 saturated carbocycles. The average molecular weight is 317 g/mol. The summed E-state index contributed by atoms with van der Waals surface area (Å²) in [6, 6.07) is 3.32. The van der Waals surface area contributed by atoms with E-state index >= 15 is 0 Å². The van der Waals surface area contributed by atoms with Gasteiger partial charge in [0.15, 0.2) is 0 Å². The molecule has 0 heterocycles. The van der Waals surface area contributed by atoms with Crippen LogP contribution in [-0.4, -0.2) is 33.8 Å². The minimum absolute atomic E-state index is 0.0621. The average Bonchev–Trinajstić information content (AvgIpc) is 2.29. The van der Waals surface area contributed by atoms with Gasteiger partial charge in [0, 0.05) is 5.69 Å². The molecule has 122 valence electrons. The fourth-order valence-corrected chi connectivity index (χ4v) is 1.58. The van der Waals surface area contributed by atoms with Crippen LogP contribution in [0.5, 0.6) is 5.75 Å². The number of ether oxygens (including phenoxy) is 1. The molecule has 22 heavy (non-hydrogen) atoms. The number of phenolic OH excluding ortho intramolecular Hbond substituents is 1. The minimum atomic E-state index is -4.03. The van der Waals surface area contributed by atoms with E-state index in [1.54, 1.807) is 20.8 Å². The molecule has 6 nitrogen and oxygen atoms in total. The van der Waals surface area contributed by atoms with Crippen molar-refractivity contribution in [3.8, 4) is 5.75 Å². The highest BCUT2D eigenvalue weighted by atomic mass is 19.3. The molecule has 0 bridgehead atoms. The Labute approximate surface area is 125 Å². The van der Waals surface area contributed by atoms with Gasteiger partial charge in [0.1, 0.15) is 11.4 Å². The maximum atomic E-state index is 13.3. The van der Waals surface area contributed by atoms with E-state index < -0.39 is 30.0 Å². The molecule has 3 N–H and O–H groups in total. The van der Waals surface area contributed by atoms with E-state index in [1.165, 1.54) is 12.1 Å². The molecule has 0 aliphatic heterocycles. The Balaban J connectivity index is 3.01. The number of amides is 1. The van der Waals surface area contributed by atoms with Crippen molar-refractivity contribution < 1.29 is 33.3 Å². The maximum Gasteiger partial charge on any atom is 0.412 e. The molecule has 8 heteroatoms. The number of carbonyl (C=O) groups excluding carboxylic acids is 1. The van der Waals surface area contributed by atoms with E-state index in [0.29, 0.717) is 0 Å². The number of hydrogen-bond acceptors (Lipinski definition) is 4. The lowest BCUT2D eigenvalue weighted by atomic mass is 10.0. The first-order valence-corrected chi connectivity index (χ1v) is 6.34. The third-order valence-electron chi connectivity index (χ3n) is 2.45. The topological polar surface area (TPSA) is 95.9 Å². The maximum absolute atomic E-state index is 13.3. The van der Waals surface area contributed by atoms with E-state index in [0.717, 1.165) is 6.07 Å². The van der Waals surface area contributed by atoms with Crippen LogP contribution in [0.3, 0.4) is 0 Å². The first-order valence-electron chi connectivity index (χ1n) is 6.34. The number of nitrogens with one attached hydrogen (secondary N) is 1. The van der Waals surface area contributed by atoms with Gasteiger partial charge in [0.2, 0.25) is 0 Å². The number of benzene rings is 1. The normalized spacial score (nSPS) is 11.9. The Kier molecular flexibility index (Phi) is 4.95. The van der Waals surface area contributed by atoms with Gasteiger partial charge in [-0.25, -0.2) is 9.59 Å². The second-order valence-corrected chi connectivity index (χ2v) is 5.65. The van der Waals surface area contributed by atoms with Crippen LogP contribution in [0.1, 0.15) is 26.3 Å². The van der Waals surface area contributed by atoms with Crippen molar-refractivity contribution in [3.63, 3.8) is 0 Å². The molecular formula is C14H17F2NO5. The van der Waals surface area contributed by atoms with Crippen molar-refractivity contribution >= 4 is 17.7 Å². The molecule has 0 atom stereocenters. The second-order valence-electron chi connectivity index (χ2n) is 5.65. The van der Waals surface area contributed by atoms with E-state index in [2.05, 4.69) is 5.32 Å². The number of carboxylic acids is 1. The Bertz CT molecular complexity index is 581. The summed E-state index contributed by atoms with van der Waals surface area (Å²) >= 11 is 0. The number of aliphatic carboxylic acids is 1. The van der Waals surface area contributed by atoms with Gasteiger partial charge in [-0.2, -0.15) is 8.78 Å². The summed E-state index contributed by atoms with van der Waals surface area (Å²) in [6.45, 7) is 4.88. The van der Waals surface area contributed by atoms with E-state index in [1.807, 2.05) is 0 Å². The SMILES string of the molecule is CC(C)(C)OC(=O)Nc1ccc(O)cc1CC(F)(F)C(=O)O. The molecule has 0 aliphatic carbocycles. The number of anilines is 1. The third-order valence-corrected chi connectivity index (χ3v) is 2.45. The second kappa shape index (κ2) is 6.17. The van der Waals surface area contributed by atoms with Crippen LogP contribution in [0, 0.1) is 0 Å². The zero-order chi connectivity index (χ0) is 17.1. The fraction of sp³-hybridized carbons (Fsp3) is 0.429. The fourth-order valence-electron chi connectivity index (χ4n) is 1.58. The quantitative estimate of drug-likeness (QED) is 0.742. The summed E-state index contributed by atoms with van der Waals surface area (Å²) in [4.78, 5) is 22.2. The Morgan fingerprint density at radius 1 is 1.27 bits per heavy atom. The van der Waals surface area contributed by atoms with E-state index in [9.17, 15) is 23.5 Å². The highest BCUT2D eigenvalue weighted by Crippen LogP contribution is 2.28. The number of rotatable bonds is 4. The number of phenols is 1. The molecule has 1 rings (SSSR count). The van der Waals surface area contributed by atoms with Gasteiger partial charge in [-0.3, -0.25) is 5.32 Å². The highest BCUT2D eigenvalue weighted by Gasteiger charge is 2.39. The lowest BCUT2D eigenvalue weighted by Gasteiger charge is -2.21. The predicted molar refractivity (Wildman–Crippen MR) is 74.3 cm³/mol. The van der Waals surface area contributed by atoms with Gasteiger partial charge in [-0.1, -0.05) is 0 Å². The number of carboxylic acid groups (broad SMARTS) is 1. The minimum Gasteiger partial charge on any atom is -0.508 e. The van der Waals surface area contributed by atoms with Crippen LogP contribution in [0.2, 0.25) is 0 Å². The molecular weight excluding hydrogens is 300 g/mol. The van der Waals surface area contributed by atoms with Crippen LogP contribution in [0.25, 0.3) is 0 Å². The van der Waals surface area contributed by atoms with E-state index in [4.69, 9.17) is 9.84 Å². The summed E-state index contributed by atoms with van der Waals surface area (Å²) in [5.41, 5.74) is -1.07. The van der Waals surface area contributed by atoms with Crippen LogP contribution < -0.4 is 5.32 Å². The monoisotopic (exact) mass is 317 g/mol. The van der Waals surface area contributed by atoms with Crippen molar-refractivity contribution in [1.82, 2.24) is 0 Å². The van der Waals surface area contributed by atoms with Crippen molar-refractivity contribution in [1.29, 1.82) is 0 Å². The predicted octanol–water partition coefficient (Wildman–Crippen LogP) is 3.00. The van der Waals surface area contributed by atoms with Crippen molar-refractivity contribution in [3.05, 3.63) is 23.8 Å². The Hall–Kier alpha value is -2.38. The third kappa shape index (κ3) is 5.19. The van der Waals surface area contributed by atoms with Gasteiger partial charge < -0.3 is 14.9 Å². The molecule has 0 aliphatic rings. The number of carbonyl (C=O) groups is 2. The molecule has 1 aromatic rings. The van der Waals surface area contributed by atoms with Gasteiger partial charge >= 0.3 is 18.0 Å². The molecule has 1 aromatic carbocycles. The van der Waals surface area contributed by atoms with Gasteiger partial charge in [-0.15, -0.1) is 0 Å². The van der Waals surface area contributed by atoms with Gasteiger partial charge in [0.25, 0.3) is 0 Å². The van der Waals surface area contributed by atoms with Gasteiger partial charge in [0.05, 0.1) is 6.42 Å². The van der Waals surface area contributed by atoms with Crippen LogP contribution in [0.4, 0.5) is 19.3 Å². The van der Waals surface area contributed by atoms with Crippen LogP contribution >= 0.6 is 0 Å². The summed E-state index contributed by atoms with van der Waals surface area (Å²) < 4.78 is 31.6. The van der Waals surface area contributed by atoms with Crippen LogP contribution in [-0.2, 0) is 16.0 Å². The molecule has 0 saturated heterocycles. The Morgan fingerprint density at radius 2 is 1.86 bits per heavy atom. The van der Waals surface area contributed by atoms with Crippen molar-refractivity contribution in [2.45, 2.75) is 38.7 Å². The largest absolute Gasteiger partial charge is 0.508 e. The zero-order valence-electron chi connectivity index (χ0n) is 12.3. The molecule has 0 radical (unpaired) electrons. The number of halogens is 2. The molecule has 0 aromatic heterocycles. The Morgan fingerprint density at radius 3 is 2.36 bits per heavy atom. The summed E-state index contributed by atoms with van der Waals surface area (Å²) in [6.07, 6.45) is -2.06. The van der Waals surface area contributed by atoms with Gasteiger partial charge in [-0.05, 0) is 44.5 Å². The van der Waals surface area contributed by atoms with Crippen molar-refractivity contribution in [2.24, 2.45) is 0 Å². The standard InChI is InChI=1S/C14H17F2NO5/c1-13(2,3)22-12(21)17-10-5-4-9(18)6-8(10)7-14(15,16)11(19)20/h4-6,18H,7H2,1-3H3,(H,17,21)(H,19,20). The summed E-state index contributed by atoms with van der Waals surface area (Å²) in [5.74, 6) is -6.65. The summed E-state index contributed by atoms with van der Waals surface area (Å²) in [5, 5.41) is 20.1. The lowest BCUT2D eigenvalue weighted by molar-refractivity contribution is -0.164. The first-order chi connectivity index (χ1) is 9.90. The number of alkyl halides is 2. The summed E-state index contributed by atoms with van der Waals surface area (Å²) in [7, 11) is 0. The molecule has 0 fully saturated rings. The number of aromatic hydroxyl groups is 1. The lowest BCUT2D eigenvalue weighted by Crippen LogP contribution is -2.31. The molecule has 0 spiro atoms. The van der Waals surface area contributed by atoms with E-state index in [-0.39, 0.29) is 17.0 Å².